The number of methoxy groups -OCH3 is 1. The number of nitrogens with one attached hydrogen (secondary N) is 1. The van der Waals surface area contributed by atoms with Crippen LogP contribution in [0.2, 0.25) is 0 Å². The van der Waals surface area contributed by atoms with E-state index < -0.39 is 12.1 Å². The second kappa shape index (κ2) is 7.00. The van der Waals surface area contributed by atoms with Crippen LogP contribution in [-0.4, -0.2) is 55.9 Å². The van der Waals surface area contributed by atoms with Gasteiger partial charge < -0.3 is 19.7 Å². The SMILES string of the molecule is COC(=O)[C@@H]1CN(C(=O)N[C@@H]2CCc3ccccc3C2)CCO1. The van der Waals surface area contributed by atoms with Gasteiger partial charge in [0.15, 0.2) is 6.10 Å². The van der Waals surface area contributed by atoms with Gasteiger partial charge in [-0.3, -0.25) is 0 Å². The number of rotatable bonds is 2. The van der Waals surface area contributed by atoms with Gasteiger partial charge in [0.05, 0.1) is 20.3 Å². The maximum Gasteiger partial charge on any atom is 0.336 e. The maximum absolute atomic E-state index is 12.4. The first-order valence-corrected chi connectivity index (χ1v) is 7.99. The van der Waals surface area contributed by atoms with Gasteiger partial charge in [-0.2, -0.15) is 0 Å². The first-order chi connectivity index (χ1) is 11.2. The number of benzene rings is 1. The minimum absolute atomic E-state index is 0.133. The molecule has 2 aliphatic rings. The van der Waals surface area contributed by atoms with E-state index in [1.165, 1.54) is 18.2 Å². The molecule has 0 radical (unpaired) electrons. The number of nitrogens with zero attached hydrogens (tertiary/aromatic N) is 1. The molecule has 1 saturated heterocycles. The Morgan fingerprint density at radius 3 is 2.87 bits per heavy atom. The summed E-state index contributed by atoms with van der Waals surface area (Å²) in [7, 11) is 1.32. The third kappa shape index (κ3) is 3.64. The number of hydrogen-bond donors (Lipinski definition) is 1. The lowest BCUT2D eigenvalue weighted by Gasteiger charge is -2.33. The highest BCUT2D eigenvalue weighted by Gasteiger charge is 2.31. The zero-order chi connectivity index (χ0) is 16.2. The quantitative estimate of drug-likeness (QED) is 0.830. The third-order valence-electron chi connectivity index (χ3n) is 4.49. The van der Waals surface area contributed by atoms with Gasteiger partial charge in [-0.25, -0.2) is 9.59 Å². The van der Waals surface area contributed by atoms with Gasteiger partial charge in [-0.15, -0.1) is 0 Å². The molecule has 0 saturated carbocycles. The van der Waals surface area contributed by atoms with E-state index in [2.05, 4.69) is 28.3 Å². The highest BCUT2D eigenvalue weighted by atomic mass is 16.6. The van der Waals surface area contributed by atoms with Crippen molar-refractivity contribution in [2.24, 2.45) is 0 Å². The Morgan fingerprint density at radius 1 is 1.30 bits per heavy atom. The molecule has 2 atom stereocenters. The fraction of sp³-hybridized carbons (Fsp3) is 0.529. The number of aryl methyl sites for hydroxylation is 1. The standard InChI is InChI=1S/C17H22N2O4/c1-22-16(20)15-11-19(8-9-23-15)17(21)18-14-7-6-12-4-2-3-5-13(12)10-14/h2-5,14-15H,6-11H2,1H3,(H,18,21)/t14-,15+/m1/s1. The van der Waals surface area contributed by atoms with Crippen LogP contribution < -0.4 is 5.32 Å². The third-order valence-corrected chi connectivity index (χ3v) is 4.49. The summed E-state index contributed by atoms with van der Waals surface area (Å²) in [6.07, 6.45) is 2.08. The largest absolute Gasteiger partial charge is 0.467 e. The molecule has 3 rings (SSSR count). The highest BCUT2D eigenvalue weighted by molar-refractivity contribution is 5.78. The second-order valence-electron chi connectivity index (χ2n) is 5.99. The van der Waals surface area contributed by atoms with E-state index in [1.807, 2.05) is 6.07 Å². The monoisotopic (exact) mass is 318 g/mol. The lowest BCUT2D eigenvalue weighted by atomic mass is 9.88. The van der Waals surface area contributed by atoms with Crippen molar-refractivity contribution in [3.05, 3.63) is 35.4 Å². The number of fused-ring (bicyclic) bond motifs is 1. The fourth-order valence-electron chi connectivity index (χ4n) is 3.19. The van der Waals surface area contributed by atoms with Gasteiger partial charge in [0.1, 0.15) is 0 Å². The van der Waals surface area contributed by atoms with Crippen LogP contribution in [0.15, 0.2) is 24.3 Å². The fourth-order valence-corrected chi connectivity index (χ4v) is 3.19. The Bertz CT molecular complexity index is 590. The normalized spacial score (nSPS) is 23.8. The molecule has 6 heteroatoms. The molecule has 6 nitrogen and oxygen atoms in total. The first-order valence-electron chi connectivity index (χ1n) is 7.99. The van der Waals surface area contributed by atoms with E-state index in [0.717, 1.165) is 19.3 Å². The molecular weight excluding hydrogens is 296 g/mol. The van der Waals surface area contributed by atoms with Gasteiger partial charge in [-0.05, 0) is 30.4 Å². The molecule has 23 heavy (non-hydrogen) atoms. The molecule has 1 heterocycles. The summed E-state index contributed by atoms with van der Waals surface area (Å²) in [5, 5.41) is 3.09. The molecule has 0 bridgehead atoms. The summed E-state index contributed by atoms with van der Waals surface area (Å²) in [5.74, 6) is -0.436. The summed E-state index contributed by atoms with van der Waals surface area (Å²) >= 11 is 0. The molecule has 1 fully saturated rings. The zero-order valence-electron chi connectivity index (χ0n) is 13.3. The number of ether oxygens (including phenoxy) is 2. The van der Waals surface area contributed by atoms with Crippen molar-refractivity contribution in [3.63, 3.8) is 0 Å². The van der Waals surface area contributed by atoms with Gasteiger partial charge >= 0.3 is 12.0 Å². The van der Waals surface area contributed by atoms with Crippen molar-refractivity contribution in [2.45, 2.75) is 31.4 Å². The number of carbonyl (C=O) groups is 2. The molecular formula is C17H22N2O4. The molecule has 1 aromatic rings. The second-order valence-corrected chi connectivity index (χ2v) is 5.99. The smallest absolute Gasteiger partial charge is 0.336 e. The Morgan fingerprint density at radius 2 is 2.09 bits per heavy atom. The van der Waals surface area contributed by atoms with Crippen LogP contribution in [-0.2, 0) is 27.1 Å². The number of urea groups is 1. The van der Waals surface area contributed by atoms with Crippen LogP contribution in [0.1, 0.15) is 17.5 Å². The maximum atomic E-state index is 12.4. The van der Waals surface area contributed by atoms with Crippen LogP contribution >= 0.6 is 0 Å². The summed E-state index contributed by atoms with van der Waals surface area (Å²) in [6, 6.07) is 8.36. The van der Waals surface area contributed by atoms with Gasteiger partial charge in [-0.1, -0.05) is 24.3 Å². The number of amides is 2. The molecule has 1 N–H and O–H groups in total. The molecule has 0 spiro atoms. The molecule has 2 amide bonds. The summed E-state index contributed by atoms with van der Waals surface area (Å²) in [5.41, 5.74) is 2.67. The van der Waals surface area contributed by atoms with Crippen molar-refractivity contribution >= 4 is 12.0 Å². The van der Waals surface area contributed by atoms with Crippen LogP contribution in [0.3, 0.4) is 0 Å². The van der Waals surface area contributed by atoms with Crippen molar-refractivity contribution in [1.82, 2.24) is 10.2 Å². The zero-order valence-corrected chi connectivity index (χ0v) is 13.3. The summed E-state index contributed by atoms with van der Waals surface area (Å²) in [6.45, 7) is 1.07. The lowest BCUT2D eigenvalue weighted by molar-refractivity contribution is -0.158. The van der Waals surface area contributed by atoms with Crippen LogP contribution in [0, 0.1) is 0 Å². The van der Waals surface area contributed by atoms with Crippen molar-refractivity contribution in [1.29, 1.82) is 0 Å². The van der Waals surface area contributed by atoms with E-state index in [9.17, 15) is 9.59 Å². The van der Waals surface area contributed by atoms with E-state index in [4.69, 9.17) is 4.74 Å². The van der Waals surface area contributed by atoms with Crippen molar-refractivity contribution in [2.75, 3.05) is 26.8 Å². The van der Waals surface area contributed by atoms with E-state index >= 15 is 0 Å². The summed E-state index contributed by atoms with van der Waals surface area (Å²) in [4.78, 5) is 25.6. The molecule has 1 aliphatic carbocycles. The van der Waals surface area contributed by atoms with Gasteiger partial charge in [0.2, 0.25) is 0 Å². The molecule has 124 valence electrons. The van der Waals surface area contributed by atoms with Crippen molar-refractivity contribution < 1.29 is 19.1 Å². The Balaban J connectivity index is 1.56. The Kier molecular flexibility index (Phi) is 4.81. The number of esters is 1. The average molecular weight is 318 g/mol. The van der Waals surface area contributed by atoms with Crippen molar-refractivity contribution in [3.8, 4) is 0 Å². The minimum Gasteiger partial charge on any atom is -0.467 e. The van der Waals surface area contributed by atoms with Gasteiger partial charge in [0.25, 0.3) is 0 Å². The van der Waals surface area contributed by atoms with E-state index in [0.29, 0.717) is 13.2 Å². The van der Waals surface area contributed by atoms with Crippen LogP contribution in [0.5, 0.6) is 0 Å². The predicted octanol–water partition coefficient (Wildman–Crippen LogP) is 1.13. The average Bonchev–Trinajstić information content (AvgIpc) is 2.61. The Hall–Kier alpha value is -2.08. The van der Waals surface area contributed by atoms with Gasteiger partial charge in [0, 0.05) is 12.6 Å². The molecule has 0 aromatic heterocycles. The highest BCUT2D eigenvalue weighted by Crippen LogP contribution is 2.21. The Labute approximate surface area is 135 Å². The number of morpholine rings is 1. The van der Waals surface area contributed by atoms with E-state index in [1.54, 1.807) is 4.90 Å². The number of hydrogen-bond acceptors (Lipinski definition) is 4. The van der Waals surface area contributed by atoms with Crippen LogP contribution in [0.25, 0.3) is 0 Å². The lowest BCUT2D eigenvalue weighted by Crippen LogP contribution is -2.54. The molecule has 0 unspecified atom stereocenters. The molecule has 1 aliphatic heterocycles. The van der Waals surface area contributed by atoms with E-state index in [-0.39, 0.29) is 18.6 Å². The predicted molar refractivity (Wildman–Crippen MR) is 84.1 cm³/mol. The van der Waals surface area contributed by atoms with Crippen LogP contribution in [0.4, 0.5) is 4.79 Å². The summed E-state index contributed by atoms with van der Waals surface area (Å²) < 4.78 is 10.0. The molecule has 1 aromatic carbocycles. The topological polar surface area (TPSA) is 67.9 Å². The number of carbonyl (C=O) groups excluding carboxylic acids is 2. The first kappa shape index (κ1) is 15.8. The minimum atomic E-state index is -0.688.